The second-order valence-corrected chi connectivity index (χ2v) is 10.2. The molecule has 0 aromatic carbocycles. The first kappa shape index (κ1) is 25.5. The molecule has 0 unspecified atom stereocenters. The van der Waals surface area contributed by atoms with Crippen molar-refractivity contribution in [3.8, 4) is 0 Å². The summed E-state index contributed by atoms with van der Waals surface area (Å²) in [5, 5.41) is -0.327. The van der Waals surface area contributed by atoms with Crippen LogP contribution < -0.4 is 5.73 Å². The third kappa shape index (κ3) is 8.00. The number of hydrogen-bond acceptors (Lipinski definition) is 9. The summed E-state index contributed by atoms with van der Waals surface area (Å²) in [5.41, 5.74) is 6.80. The summed E-state index contributed by atoms with van der Waals surface area (Å²) >= 11 is 7.81. The molecule has 2 aromatic heterocycles. The van der Waals surface area contributed by atoms with Gasteiger partial charge in [0, 0.05) is 28.8 Å². The molecule has 0 atom stereocenters. The zero-order valence-corrected chi connectivity index (χ0v) is 19.8. The van der Waals surface area contributed by atoms with Crippen LogP contribution in [0.4, 0.5) is 5.82 Å². The van der Waals surface area contributed by atoms with E-state index in [1.807, 2.05) is 0 Å². The number of nitrogen functional groups attached to an aromatic ring is 1. The molecule has 31 heavy (non-hydrogen) atoms. The van der Waals surface area contributed by atoms with Gasteiger partial charge in [0.2, 0.25) is 11.5 Å². The van der Waals surface area contributed by atoms with E-state index in [1.54, 1.807) is 26.0 Å². The number of thiophene rings is 1. The van der Waals surface area contributed by atoms with E-state index in [0.29, 0.717) is 37.6 Å². The Morgan fingerprint density at radius 2 is 2.16 bits per heavy atom. The lowest BCUT2D eigenvalue weighted by Crippen LogP contribution is -2.22. The first-order chi connectivity index (χ1) is 14.5. The molecule has 14 heteroatoms. The summed E-state index contributed by atoms with van der Waals surface area (Å²) in [7, 11) is -4.69. The molecule has 0 aliphatic carbocycles. The fourth-order valence-electron chi connectivity index (χ4n) is 2.36. The Morgan fingerprint density at radius 1 is 1.45 bits per heavy atom. The number of carbonyl (C=O) groups is 2. The van der Waals surface area contributed by atoms with Crippen molar-refractivity contribution < 1.29 is 28.5 Å². The summed E-state index contributed by atoms with van der Waals surface area (Å²) in [5.74, 6) is 0.702. The van der Waals surface area contributed by atoms with Gasteiger partial charge in [-0.2, -0.15) is 0 Å². The molecule has 0 fully saturated rings. The van der Waals surface area contributed by atoms with E-state index >= 15 is 0 Å². The third-order valence-electron chi connectivity index (χ3n) is 3.90. The molecule has 0 radical (unpaired) electrons. The number of anilines is 1. The minimum atomic E-state index is -4.69. The predicted octanol–water partition coefficient (Wildman–Crippen LogP) is 3.35. The molecule has 2 aromatic rings. The lowest BCUT2D eigenvalue weighted by atomic mass is 10.2. The molecule has 0 aliphatic rings. The smallest absolute Gasteiger partial charge is 0.383 e. The number of rotatable bonds is 10. The maximum Gasteiger partial charge on any atom is 0.469 e. The van der Waals surface area contributed by atoms with Gasteiger partial charge in [0.1, 0.15) is 11.6 Å². The molecule has 2 rings (SSSR count). The number of carbonyl (C=O) groups excluding carboxylic acids is 2. The molecule has 0 saturated heterocycles. The highest BCUT2D eigenvalue weighted by atomic mass is 35.5. The minimum absolute atomic E-state index is 0.0172. The Kier molecular flexibility index (Phi) is 9.19. The van der Waals surface area contributed by atoms with Crippen LogP contribution in [0.15, 0.2) is 28.9 Å². The molecule has 0 saturated carbocycles. The second-order valence-electron chi connectivity index (χ2n) is 6.14. The number of nitrogens with two attached hydrogens (primary N) is 1. The number of thioether (sulfide) groups is 1. The standard InChI is InChI=1S/C17H20ClN4O6PS2/c1-10(22(9-23)8-12-7-20-11(2)21-16(12)19)13(5-6-28-29(25,26)27)31-17(24)14-3-4-15(18)30-14/h3-4,7,9H,5-6,8H2,1-2H3,(H2,19,20,21)(H2,25,26,27)/b13-10-. The van der Waals surface area contributed by atoms with Crippen LogP contribution in [0, 0.1) is 6.92 Å². The Bertz CT molecular complexity index is 1040. The highest BCUT2D eigenvalue weighted by Crippen LogP contribution is 2.38. The minimum Gasteiger partial charge on any atom is -0.383 e. The maximum absolute atomic E-state index is 12.6. The van der Waals surface area contributed by atoms with Crippen LogP contribution in [0.1, 0.15) is 34.4 Å². The number of aryl methyl sites for hydroxylation is 1. The van der Waals surface area contributed by atoms with Gasteiger partial charge in [-0.1, -0.05) is 11.6 Å². The fourth-order valence-corrected chi connectivity index (χ4v) is 4.66. The van der Waals surface area contributed by atoms with Crippen molar-refractivity contribution in [2.24, 2.45) is 0 Å². The van der Waals surface area contributed by atoms with Crippen LogP contribution in [0.25, 0.3) is 0 Å². The van der Waals surface area contributed by atoms with Crippen molar-refractivity contribution in [1.29, 1.82) is 0 Å². The van der Waals surface area contributed by atoms with Crippen LogP contribution in [0.5, 0.6) is 0 Å². The second kappa shape index (κ2) is 11.2. The number of hydrogen-bond donors (Lipinski definition) is 3. The lowest BCUT2D eigenvalue weighted by molar-refractivity contribution is -0.116. The molecule has 0 spiro atoms. The largest absolute Gasteiger partial charge is 0.469 e. The van der Waals surface area contributed by atoms with Crippen molar-refractivity contribution >= 4 is 59.9 Å². The van der Waals surface area contributed by atoms with E-state index in [9.17, 15) is 14.2 Å². The quantitative estimate of drug-likeness (QED) is 0.322. The summed E-state index contributed by atoms with van der Waals surface area (Å²) in [6.07, 6.45) is 2.05. The average Bonchev–Trinajstić information content (AvgIpc) is 3.11. The van der Waals surface area contributed by atoms with Crippen LogP contribution in [-0.2, 0) is 20.4 Å². The topological polar surface area (TPSA) is 156 Å². The average molecular weight is 507 g/mol. The molecule has 0 bridgehead atoms. The Hall–Kier alpha value is -1.79. The summed E-state index contributed by atoms with van der Waals surface area (Å²) in [4.78, 5) is 52.5. The first-order valence-electron chi connectivity index (χ1n) is 8.67. The highest BCUT2D eigenvalue weighted by Gasteiger charge is 2.20. The highest BCUT2D eigenvalue weighted by molar-refractivity contribution is 8.17. The van der Waals surface area contributed by atoms with Crippen molar-refractivity contribution in [2.45, 2.75) is 26.8 Å². The summed E-state index contributed by atoms with van der Waals surface area (Å²) in [6.45, 7) is 2.98. The summed E-state index contributed by atoms with van der Waals surface area (Å²) < 4.78 is 16.0. The number of aromatic nitrogens is 2. The Balaban J connectivity index is 2.30. The van der Waals surface area contributed by atoms with Crippen LogP contribution in [-0.4, -0.2) is 42.8 Å². The molecular weight excluding hydrogens is 487 g/mol. The van der Waals surface area contributed by atoms with E-state index in [2.05, 4.69) is 14.5 Å². The number of nitrogens with zero attached hydrogens (tertiary/aromatic N) is 3. The first-order valence-corrected chi connectivity index (χ1v) is 12.2. The molecular formula is C17H20ClN4O6PS2. The molecule has 0 aliphatic heterocycles. The van der Waals surface area contributed by atoms with E-state index in [0.717, 1.165) is 23.1 Å². The number of amides is 1. The van der Waals surface area contributed by atoms with E-state index in [4.69, 9.17) is 27.1 Å². The van der Waals surface area contributed by atoms with Crippen molar-refractivity contribution in [1.82, 2.24) is 14.9 Å². The normalized spacial score (nSPS) is 12.4. The van der Waals surface area contributed by atoms with Gasteiger partial charge in [0.05, 0.1) is 22.4 Å². The monoisotopic (exact) mass is 506 g/mol. The number of halogens is 1. The lowest BCUT2D eigenvalue weighted by Gasteiger charge is -2.22. The van der Waals surface area contributed by atoms with Gasteiger partial charge in [-0.3, -0.25) is 14.1 Å². The number of phosphoric ester groups is 1. The van der Waals surface area contributed by atoms with Gasteiger partial charge in [-0.05, 0) is 37.7 Å². The molecule has 4 N–H and O–H groups in total. The predicted molar refractivity (Wildman–Crippen MR) is 119 cm³/mol. The van der Waals surface area contributed by atoms with Gasteiger partial charge in [0.15, 0.2) is 0 Å². The Morgan fingerprint density at radius 3 is 2.71 bits per heavy atom. The SMILES string of the molecule is C/C(=C(\CCOP(=O)(O)O)SC(=O)c1ccc(Cl)s1)N(C=O)Cc1cnc(C)nc1N. The molecule has 10 nitrogen and oxygen atoms in total. The molecule has 2 heterocycles. The van der Waals surface area contributed by atoms with Crippen molar-refractivity contribution in [3.63, 3.8) is 0 Å². The van der Waals surface area contributed by atoms with Crippen LogP contribution >= 0.6 is 42.5 Å². The summed E-state index contributed by atoms with van der Waals surface area (Å²) in [6, 6.07) is 3.16. The van der Waals surface area contributed by atoms with Crippen LogP contribution in [0.2, 0.25) is 4.34 Å². The van der Waals surface area contributed by atoms with Gasteiger partial charge in [0.25, 0.3) is 0 Å². The van der Waals surface area contributed by atoms with Crippen molar-refractivity contribution in [2.75, 3.05) is 12.3 Å². The van der Waals surface area contributed by atoms with E-state index in [-0.39, 0.29) is 30.5 Å². The fraction of sp³-hybridized carbons (Fsp3) is 0.294. The van der Waals surface area contributed by atoms with Crippen molar-refractivity contribution in [3.05, 3.63) is 49.5 Å². The van der Waals surface area contributed by atoms with E-state index in [1.165, 1.54) is 11.1 Å². The number of allylic oxidation sites excluding steroid dienone is 1. The molecule has 1 amide bonds. The van der Waals surface area contributed by atoms with Gasteiger partial charge in [-0.15, -0.1) is 11.3 Å². The maximum atomic E-state index is 12.6. The van der Waals surface area contributed by atoms with E-state index < -0.39 is 7.82 Å². The number of phosphoric acid groups is 1. The van der Waals surface area contributed by atoms with Gasteiger partial charge >= 0.3 is 7.82 Å². The third-order valence-corrected chi connectivity index (χ3v) is 6.93. The zero-order valence-electron chi connectivity index (χ0n) is 16.5. The van der Waals surface area contributed by atoms with Gasteiger partial charge in [-0.25, -0.2) is 14.5 Å². The zero-order chi connectivity index (χ0) is 23.2. The molecule has 168 valence electrons. The van der Waals surface area contributed by atoms with Crippen LogP contribution in [0.3, 0.4) is 0 Å². The Labute approximate surface area is 191 Å². The van der Waals surface area contributed by atoms with Gasteiger partial charge < -0.3 is 20.4 Å².